The van der Waals surface area contributed by atoms with Gasteiger partial charge in [-0.15, -0.1) is 0 Å². The third-order valence-corrected chi connectivity index (χ3v) is 7.42. The SMILES string of the molecule is CCCN1C(=O)C2C3C=CC(C2C1=O)C1C2C(=O)N(CCC)C(=O)C2C31. The van der Waals surface area contributed by atoms with E-state index in [1.807, 2.05) is 13.8 Å². The van der Waals surface area contributed by atoms with Crippen molar-refractivity contribution in [2.24, 2.45) is 47.3 Å². The highest BCUT2D eigenvalue weighted by Crippen LogP contribution is 2.68. The van der Waals surface area contributed by atoms with E-state index in [0.29, 0.717) is 13.1 Å². The van der Waals surface area contributed by atoms with Gasteiger partial charge in [0.25, 0.3) is 0 Å². The Balaban J connectivity index is 1.51. The van der Waals surface area contributed by atoms with Crippen LogP contribution in [0.4, 0.5) is 0 Å². The zero-order chi connectivity index (χ0) is 18.3. The van der Waals surface area contributed by atoms with Crippen LogP contribution in [-0.4, -0.2) is 46.5 Å². The molecule has 0 radical (unpaired) electrons. The highest BCUT2D eigenvalue weighted by Gasteiger charge is 2.74. The van der Waals surface area contributed by atoms with Crippen LogP contribution in [0.5, 0.6) is 0 Å². The predicted octanol–water partition coefficient (Wildman–Crippen LogP) is 1.07. The van der Waals surface area contributed by atoms with E-state index in [1.54, 1.807) is 0 Å². The molecule has 4 amide bonds. The van der Waals surface area contributed by atoms with E-state index in [-0.39, 0.29) is 71.0 Å². The molecule has 8 atom stereocenters. The van der Waals surface area contributed by atoms with Gasteiger partial charge in [-0.05, 0) is 36.5 Å². The number of nitrogens with zero attached hydrogens (tertiary/aromatic N) is 2. The molecule has 6 nitrogen and oxygen atoms in total. The smallest absolute Gasteiger partial charge is 0.233 e. The molecular formula is C20H24N2O4. The summed E-state index contributed by atoms with van der Waals surface area (Å²) in [5.74, 6) is -1.49. The molecule has 2 bridgehead atoms. The maximum Gasteiger partial charge on any atom is 0.233 e. The molecule has 26 heavy (non-hydrogen) atoms. The summed E-state index contributed by atoms with van der Waals surface area (Å²) in [4.78, 5) is 54.3. The quantitative estimate of drug-likeness (QED) is 0.558. The Morgan fingerprint density at radius 1 is 0.654 bits per heavy atom. The van der Waals surface area contributed by atoms with Crippen LogP contribution in [0.3, 0.4) is 0 Å². The number of carbonyl (C=O) groups is 4. The second-order valence-electron chi connectivity index (χ2n) is 8.45. The maximum atomic E-state index is 12.9. The molecule has 2 aliphatic heterocycles. The third-order valence-electron chi connectivity index (χ3n) is 7.42. The Labute approximate surface area is 152 Å². The van der Waals surface area contributed by atoms with Crippen molar-refractivity contribution in [3.63, 3.8) is 0 Å². The highest BCUT2D eigenvalue weighted by atomic mass is 16.2. The van der Waals surface area contributed by atoms with Crippen LogP contribution in [0.15, 0.2) is 12.2 Å². The van der Waals surface area contributed by atoms with Crippen molar-refractivity contribution < 1.29 is 19.2 Å². The lowest BCUT2D eigenvalue weighted by Crippen LogP contribution is -2.63. The first kappa shape index (κ1) is 16.2. The normalized spacial score (nSPS) is 45.2. The number of allylic oxidation sites excluding steroid dienone is 2. The topological polar surface area (TPSA) is 74.8 Å². The molecule has 2 heterocycles. The van der Waals surface area contributed by atoms with Gasteiger partial charge in [0.15, 0.2) is 0 Å². The standard InChI is InChI=1S/C20H24N2O4/c1-3-7-21-17(23)13-9-5-6-10(14(13)18(21)24)12-11(9)15-16(12)20(26)22(8-4-2)19(15)25/h5-6,9-16H,3-4,7-8H2,1-2H3. The van der Waals surface area contributed by atoms with E-state index in [9.17, 15) is 19.2 Å². The fraction of sp³-hybridized carbons (Fsp3) is 0.700. The number of imide groups is 2. The summed E-state index contributed by atoms with van der Waals surface area (Å²) in [6, 6.07) is 0. The van der Waals surface area contributed by atoms with Gasteiger partial charge in [0.1, 0.15) is 0 Å². The molecule has 4 fully saturated rings. The summed E-state index contributed by atoms with van der Waals surface area (Å²) in [6.07, 6.45) is 5.63. The van der Waals surface area contributed by atoms with Crippen molar-refractivity contribution in [1.29, 1.82) is 0 Å². The van der Waals surface area contributed by atoms with E-state index in [0.717, 1.165) is 12.8 Å². The highest BCUT2D eigenvalue weighted by molar-refractivity contribution is 6.09. The molecule has 8 unspecified atom stereocenters. The first-order valence-electron chi connectivity index (χ1n) is 9.91. The number of rotatable bonds is 4. The molecule has 2 saturated heterocycles. The Bertz CT molecular complexity index is 703. The van der Waals surface area contributed by atoms with Crippen LogP contribution in [-0.2, 0) is 19.2 Å². The first-order valence-corrected chi connectivity index (χ1v) is 9.91. The number of carbonyl (C=O) groups excluding carboxylic acids is 4. The van der Waals surface area contributed by atoms with Crippen molar-refractivity contribution in [3.05, 3.63) is 12.2 Å². The zero-order valence-corrected chi connectivity index (χ0v) is 15.1. The molecule has 138 valence electrons. The second-order valence-corrected chi connectivity index (χ2v) is 8.45. The van der Waals surface area contributed by atoms with Crippen molar-refractivity contribution >= 4 is 23.6 Å². The van der Waals surface area contributed by atoms with E-state index < -0.39 is 0 Å². The lowest BCUT2D eigenvalue weighted by Gasteiger charge is -2.60. The monoisotopic (exact) mass is 356 g/mol. The van der Waals surface area contributed by atoms with Gasteiger partial charge in [-0.2, -0.15) is 0 Å². The molecule has 0 aromatic heterocycles. The fourth-order valence-electron chi connectivity index (χ4n) is 6.61. The van der Waals surface area contributed by atoms with E-state index >= 15 is 0 Å². The van der Waals surface area contributed by atoms with Crippen molar-refractivity contribution in [2.75, 3.05) is 13.1 Å². The predicted molar refractivity (Wildman–Crippen MR) is 91.1 cm³/mol. The minimum absolute atomic E-state index is 0.0490. The number of amides is 4. The molecule has 0 aromatic rings. The lowest BCUT2D eigenvalue weighted by molar-refractivity contribution is -0.166. The molecular weight excluding hydrogens is 332 g/mol. The molecule has 6 aliphatic rings. The van der Waals surface area contributed by atoms with Crippen molar-refractivity contribution in [2.45, 2.75) is 26.7 Å². The lowest BCUT2D eigenvalue weighted by atomic mass is 9.40. The molecule has 0 spiro atoms. The van der Waals surface area contributed by atoms with Gasteiger partial charge in [0, 0.05) is 13.1 Å². The van der Waals surface area contributed by atoms with Gasteiger partial charge in [0.05, 0.1) is 23.7 Å². The molecule has 0 N–H and O–H groups in total. The van der Waals surface area contributed by atoms with Crippen LogP contribution >= 0.6 is 0 Å². The van der Waals surface area contributed by atoms with E-state index in [1.165, 1.54) is 9.80 Å². The molecule has 6 rings (SSSR count). The van der Waals surface area contributed by atoms with Crippen LogP contribution in [0.1, 0.15) is 26.7 Å². The summed E-state index contributed by atoms with van der Waals surface area (Å²) in [5, 5.41) is 0. The fourth-order valence-corrected chi connectivity index (χ4v) is 6.61. The van der Waals surface area contributed by atoms with Gasteiger partial charge >= 0.3 is 0 Å². The van der Waals surface area contributed by atoms with Crippen LogP contribution in [0.25, 0.3) is 0 Å². The van der Waals surface area contributed by atoms with Gasteiger partial charge < -0.3 is 0 Å². The zero-order valence-electron chi connectivity index (χ0n) is 15.1. The van der Waals surface area contributed by atoms with Gasteiger partial charge in [-0.1, -0.05) is 26.0 Å². The van der Waals surface area contributed by atoms with Gasteiger partial charge in [-0.25, -0.2) is 0 Å². The summed E-state index contributed by atoms with van der Waals surface area (Å²) in [6.45, 7) is 4.86. The molecule has 2 saturated carbocycles. The number of hydrogen-bond donors (Lipinski definition) is 0. The van der Waals surface area contributed by atoms with Crippen LogP contribution in [0.2, 0.25) is 0 Å². The number of likely N-dealkylation sites (tertiary alicyclic amines) is 2. The third kappa shape index (κ3) is 1.64. The average Bonchev–Trinajstić information content (AvgIpc) is 2.97. The largest absolute Gasteiger partial charge is 0.282 e. The molecule has 6 heteroatoms. The Morgan fingerprint density at radius 2 is 1.00 bits per heavy atom. The summed E-state index contributed by atoms with van der Waals surface area (Å²) >= 11 is 0. The average molecular weight is 356 g/mol. The van der Waals surface area contributed by atoms with Crippen LogP contribution < -0.4 is 0 Å². The van der Waals surface area contributed by atoms with E-state index in [4.69, 9.17) is 0 Å². The van der Waals surface area contributed by atoms with Gasteiger partial charge in [0.2, 0.25) is 23.6 Å². The summed E-state index contributed by atoms with van der Waals surface area (Å²) < 4.78 is 0. The molecule has 0 aromatic carbocycles. The number of hydrogen-bond acceptors (Lipinski definition) is 4. The Kier molecular flexibility index (Phi) is 3.29. The van der Waals surface area contributed by atoms with Crippen LogP contribution in [0, 0.1) is 47.3 Å². The van der Waals surface area contributed by atoms with E-state index in [2.05, 4.69) is 12.2 Å². The molecule has 4 aliphatic carbocycles. The first-order chi connectivity index (χ1) is 12.5. The minimum atomic E-state index is -0.325. The maximum absolute atomic E-state index is 12.9. The second kappa shape index (κ2) is 5.27. The minimum Gasteiger partial charge on any atom is -0.282 e. The summed E-state index contributed by atoms with van der Waals surface area (Å²) in [7, 11) is 0. The van der Waals surface area contributed by atoms with Gasteiger partial charge in [-0.3, -0.25) is 29.0 Å². The van der Waals surface area contributed by atoms with Crippen molar-refractivity contribution in [3.8, 4) is 0 Å². The van der Waals surface area contributed by atoms with Crippen molar-refractivity contribution in [1.82, 2.24) is 9.80 Å². The number of fused-ring (bicyclic) bond motifs is 1. The Hall–Kier alpha value is -1.98. The summed E-state index contributed by atoms with van der Waals surface area (Å²) in [5.41, 5.74) is 0. The Morgan fingerprint density at radius 3 is 1.35 bits per heavy atom.